The Kier molecular flexibility index (Phi) is 8.33. The predicted octanol–water partition coefficient (Wildman–Crippen LogP) is 2.88. The van der Waals surface area contributed by atoms with Gasteiger partial charge in [-0.2, -0.15) is 4.31 Å². The summed E-state index contributed by atoms with van der Waals surface area (Å²) in [6.45, 7) is 7.90. The number of benzene rings is 2. The minimum absolute atomic E-state index is 0.185. The quantitative estimate of drug-likeness (QED) is 0.531. The van der Waals surface area contributed by atoms with Crippen LogP contribution in [-0.4, -0.2) is 68.9 Å². The SMILES string of the molecule is Cc1ccc(S(=O)(=O)N2CCN(C(=O)COC(=O)COc3ccccc3C(C)C)CC2)c(C)c1. The maximum absolute atomic E-state index is 13.0. The molecule has 1 fully saturated rings. The van der Waals surface area contributed by atoms with Crippen molar-refractivity contribution in [1.82, 2.24) is 9.21 Å². The molecule has 0 atom stereocenters. The largest absolute Gasteiger partial charge is 0.482 e. The Hall–Kier alpha value is -2.91. The molecule has 9 heteroatoms. The fraction of sp³-hybridized carbons (Fsp3) is 0.440. The maximum Gasteiger partial charge on any atom is 0.344 e. The number of hydrogen-bond acceptors (Lipinski definition) is 6. The fourth-order valence-corrected chi connectivity index (χ4v) is 5.53. The average Bonchev–Trinajstić information content (AvgIpc) is 2.81. The first-order chi connectivity index (χ1) is 16.1. The molecular formula is C25H32N2O6S. The van der Waals surface area contributed by atoms with Gasteiger partial charge in [-0.25, -0.2) is 13.2 Å². The van der Waals surface area contributed by atoms with Gasteiger partial charge in [-0.15, -0.1) is 0 Å². The summed E-state index contributed by atoms with van der Waals surface area (Å²) in [5, 5.41) is 0. The van der Waals surface area contributed by atoms with Gasteiger partial charge in [0.2, 0.25) is 10.0 Å². The lowest BCUT2D eigenvalue weighted by Gasteiger charge is -2.34. The smallest absolute Gasteiger partial charge is 0.344 e. The zero-order chi connectivity index (χ0) is 24.9. The number of rotatable bonds is 8. The topological polar surface area (TPSA) is 93.2 Å². The van der Waals surface area contributed by atoms with E-state index in [2.05, 4.69) is 0 Å². The Bertz CT molecular complexity index is 1140. The van der Waals surface area contributed by atoms with Gasteiger partial charge in [0.25, 0.3) is 5.91 Å². The Morgan fingerprint density at radius 2 is 1.65 bits per heavy atom. The molecule has 1 aliphatic heterocycles. The number of carbonyl (C=O) groups is 2. The number of nitrogens with zero attached hydrogens (tertiary/aromatic N) is 2. The summed E-state index contributed by atoms with van der Waals surface area (Å²) in [4.78, 5) is 26.3. The molecule has 1 amide bonds. The molecule has 0 N–H and O–H groups in total. The lowest BCUT2D eigenvalue weighted by atomic mass is 10.0. The van der Waals surface area contributed by atoms with E-state index >= 15 is 0 Å². The van der Waals surface area contributed by atoms with Crippen molar-refractivity contribution in [3.63, 3.8) is 0 Å². The van der Waals surface area contributed by atoms with Crippen molar-refractivity contribution in [3.8, 4) is 5.75 Å². The van der Waals surface area contributed by atoms with Gasteiger partial charge < -0.3 is 14.4 Å². The van der Waals surface area contributed by atoms with E-state index in [0.717, 1.165) is 11.1 Å². The van der Waals surface area contributed by atoms with Crippen LogP contribution in [-0.2, 0) is 24.3 Å². The van der Waals surface area contributed by atoms with Crippen molar-refractivity contribution in [2.24, 2.45) is 0 Å². The molecule has 1 heterocycles. The second-order valence-electron chi connectivity index (χ2n) is 8.70. The molecule has 8 nitrogen and oxygen atoms in total. The number of aryl methyl sites for hydroxylation is 2. The van der Waals surface area contributed by atoms with Crippen LogP contribution in [0.1, 0.15) is 36.5 Å². The number of esters is 1. The molecule has 2 aromatic rings. The van der Waals surface area contributed by atoms with Gasteiger partial charge in [-0.05, 0) is 43.0 Å². The van der Waals surface area contributed by atoms with Crippen LogP contribution < -0.4 is 4.74 Å². The number of hydrogen-bond donors (Lipinski definition) is 0. The van der Waals surface area contributed by atoms with Crippen LogP contribution in [0.3, 0.4) is 0 Å². The Morgan fingerprint density at radius 3 is 2.29 bits per heavy atom. The summed E-state index contributed by atoms with van der Waals surface area (Å²) in [6, 6.07) is 12.7. The molecule has 1 saturated heterocycles. The molecule has 3 rings (SSSR count). The van der Waals surface area contributed by atoms with Gasteiger partial charge in [-0.1, -0.05) is 49.7 Å². The minimum Gasteiger partial charge on any atom is -0.482 e. The molecule has 184 valence electrons. The maximum atomic E-state index is 13.0. The molecule has 34 heavy (non-hydrogen) atoms. The summed E-state index contributed by atoms with van der Waals surface area (Å²) in [7, 11) is -3.63. The first kappa shape index (κ1) is 25.7. The fourth-order valence-electron chi connectivity index (χ4n) is 3.91. The average molecular weight is 489 g/mol. The number of carbonyl (C=O) groups excluding carboxylic acids is 2. The third-order valence-corrected chi connectivity index (χ3v) is 7.84. The number of ether oxygens (including phenoxy) is 2. The van der Waals surface area contributed by atoms with Crippen molar-refractivity contribution in [1.29, 1.82) is 0 Å². The Labute approximate surface area is 201 Å². The number of para-hydroxylation sites is 1. The van der Waals surface area contributed by atoms with Crippen molar-refractivity contribution in [3.05, 3.63) is 59.2 Å². The van der Waals surface area contributed by atoms with E-state index in [1.807, 2.05) is 45.0 Å². The molecule has 0 bridgehead atoms. The monoisotopic (exact) mass is 488 g/mol. The van der Waals surface area contributed by atoms with Crippen LogP contribution in [0.15, 0.2) is 47.4 Å². The first-order valence-electron chi connectivity index (χ1n) is 11.3. The summed E-state index contributed by atoms with van der Waals surface area (Å²) >= 11 is 0. The van der Waals surface area contributed by atoms with Crippen LogP contribution in [0.5, 0.6) is 5.75 Å². The van der Waals surface area contributed by atoms with E-state index in [-0.39, 0.29) is 49.5 Å². The highest BCUT2D eigenvalue weighted by atomic mass is 32.2. The molecule has 0 radical (unpaired) electrons. The minimum atomic E-state index is -3.63. The van der Waals surface area contributed by atoms with Gasteiger partial charge in [0.15, 0.2) is 13.2 Å². The highest BCUT2D eigenvalue weighted by molar-refractivity contribution is 7.89. The van der Waals surface area contributed by atoms with Gasteiger partial charge >= 0.3 is 5.97 Å². The highest BCUT2D eigenvalue weighted by Gasteiger charge is 2.31. The van der Waals surface area contributed by atoms with Crippen LogP contribution in [0, 0.1) is 13.8 Å². The van der Waals surface area contributed by atoms with Gasteiger partial charge in [0.05, 0.1) is 4.90 Å². The molecule has 0 saturated carbocycles. The molecular weight excluding hydrogens is 456 g/mol. The Morgan fingerprint density at radius 1 is 0.971 bits per heavy atom. The third-order valence-electron chi connectivity index (χ3n) is 5.78. The van der Waals surface area contributed by atoms with Gasteiger partial charge in [-0.3, -0.25) is 4.79 Å². The summed E-state index contributed by atoms with van der Waals surface area (Å²) < 4.78 is 38.1. The van der Waals surface area contributed by atoms with Gasteiger partial charge in [0, 0.05) is 26.2 Å². The lowest BCUT2D eigenvalue weighted by molar-refractivity contribution is -0.154. The van der Waals surface area contributed by atoms with E-state index in [9.17, 15) is 18.0 Å². The third kappa shape index (κ3) is 6.15. The molecule has 2 aromatic carbocycles. The summed E-state index contributed by atoms with van der Waals surface area (Å²) in [5.74, 6) is -0.143. The number of sulfonamides is 1. The van der Waals surface area contributed by atoms with E-state index < -0.39 is 22.6 Å². The van der Waals surface area contributed by atoms with E-state index in [1.165, 1.54) is 9.21 Å². The van der Waals surface area contributed by atoms with Crippen molar-refractivity contribution >= 4 is 21.9 Å². The molecule has 0 unspecified atom stereocenters. The van der Waals surface area contributed by atoms with Crippen LogP contribution in [0.25, 0.3) is 0 Å². The standard InChI is InChI=1S/C25H32N2O6S/c1-18(2)21-7-5-6-8-22(21)32-17-25(29)33-16-24(28)26-11-13-27(14-12-26)34(30,31)23-10-9-19(3)15-20(23)4/h5-10,15,18H,11-14,16-17H2,1-4H3. The van der Waals surface area contributed by atoms with Crippen LogP contribution in [0.4, 0.5) is 0 Å². The second-order valence-corrected chi connectivity index (χ2v) is 10.6. The molecule has 0 aliphatic carbocycles. The van der Waals surface area contributed by atoms with E-state index in [4.69, 9.17) is 9.47 Å². The molecule has 1 aliphatic rings. The molecule has 0 aromatic heterocycles. The van der Waals surface area contributed by atoms with Gasteiger partial charge in [0.1, 0.15) is 5.75 Å². The normalized spacial score (nSPS) is 14.8. The summed E-state index contributed by atoms with van der Waals surface area (Å²) in [5.41, 5.74) is 2.68. The van der Waals surface area contributed by atoms with Crippen LogP contribution >= 0.6 is 0 Å². The second kappa shape index (κ2) is 11.0. The zero-order valence-corrected chi connectivity index (χ0v) is 20.9. The van der Waals surface area contributed by atoms with E-state index in [1.54, 1.807) is 25.1 Å². The highest BCUT2D eigenvalue weighted by Crippen LogP contribution is 2.26. The number of piperazine rings is 1. The summed E-state index contributed by atoms with van der Waals surface area (Å²) in [6.07, 6.45) is 0. The molecule has 0 spiro atoms. The first-order valence-corrected chi connectivity index (χ1v) is 12.8. The lowest BCUT2D eigenvalue weighted by Crippen LogP contribution is -2.51. The number of amides is 1. The van der Waals surface area contributed by atoms with Crippen molar-refractivity contribution < 1.29 is 27.5 Å². The Balaban J connectivity index is 1.47. The predicted molar refractivity (Wildman–Crippen MR) is 128 cm³/mol. The zero-order valence-electron chi connectivity index (χ0n) is 20.1. The van der Waals surface area contributed by atoms with Crippen molar-refractivity contribution in [2.45, 2.75) is 38.5 Å². The van der Waals surface area contributed by atoms with Crippen molar-refractivity contribution in [2.75, 3.05) is 39.4 Å². The van der Waals surface area contributed by atoms with Crippen LogP contribution in [0.2, 0.25) is 0 Å². The van der Waals surface area contributed by atoms with E-state index in [0.29, 0.717) is 11.3 Å².